The van der Waals surface area contributed by atoms with Crippen molar-refractivity contribution >= 4 is 51.6 Å². The van der Waals surface area contributed by atoms with Crippen LogP contribution in [0.5, 0.6) is 0 Å². The molecular formula is C17H12Cl2N8O. The topological polar surface area (TPSA) is 124 Å². The normalized spacial score (nSPS) is 10.8. The highest BCUT2D eigenvalue weighted by molar-refractivity contribution is 6.36. The molecule has 11 heteroatoms. The van der Waals surface area contributed by atoms with E-state index in [1.807, 2.05) is 24.3 Å². The highest BCUT2D eigenvalue weighted by Crippen LogP contribution is 2.24. The molecule has 0 bridgehead atoms. The Bertz CT molecular complexity index is 1190. The molecule has 2 heterocycles. The second kappa shape index (κ2) is 7.29. The van der Waals surface area contributed by atoms with Gasteiger partial charge in [0.1, 0.15) is 17.5 Å². The van der Waals surface area contributed by atoms with Crippen molar-refractivity contribution in [1.29, 1.82) is 0 Å². The number of nitrogens with two attached hydrogens (primary N) is 1. The largest absolute Gasteiger partial charge is 0.393 e. The molecule has 1 amide bonds. The molecule has 2 aromatic heterocycles. The third-order valence-corrected chi connectivity index (χ3v) is 4.43. The fraction of sp³-hybridized carbons (Fsp3) is 0. The van der Waals surface area contributed by atoms with Crippen molar-refractivity contribution in [3.8, 4) is 5.82 Å². The zero-order valence-corrected chi connectivity index (χ0v) is 15.6. The number of fused-ring (bicyclic) bond motifs is 1. The van der Waals surface area contributed by atoms with Crippen LogP contribution >= 0.6 is 23.2 Å². The summed E-state index contributed by atoms with van der Waals surface area (Å²) < 4.78 is 1.50. The van der Waals surface area contributed by atoms with Gasteiger partial charge in [-0.3, -0.25) is 15.6 Å². The molecule has 4 rings (SSSR count). The Morgan fingerprint density at radius 3 is 2.75 bits per heavy atom. The van der Waals surface area contributed by atoms with Crippen LogP contribution in [0, 0.1) is 0 Å². The van der Waals surface area contributed by atoms with Gasteiger partial charge in [-0.1, -0.05) is 40.5 Å². The lowest BCUT2D eigenvalue weighted by Crippen LogP contribution is -2.30. The number of para-hydroxylation sites is 1. The minimum Gasteiger partial charge on any atom is -0.393 e. The summed E-state index contributed by atoms with van der Waals surface area (Å²) in [6.07, 6.45) is 1.30. The fourth-order valence-corrected chi connectivity index (χ4v) is 3.03. The maximum Gasteiger partial charge on any atom is 0.271 e. The molecule has 4 N–H and O–H groups in total. The zero-order valence-electron chi connectivity index (χ0n) is 14.1. The molecule has 0 saturated heterocycles. The quantitative estimate of drug-likeness (QED) is 0.438. The molecule has 140 valence electrons. The third-order valence-electron chi connectivity index (χ3n) is 3.89. The number of nitrogens with zero attached hydrogens (tertiary/aromatic N) is 5. The van der Waals surface area contributed by atoms with Gasteiger partial charge in [-0.15, -0.1) is 5.10 Å². The number of amides is 1. The van der Waals surface area contributed by atoms with E-state index in [2.05, 4.69) is 31.1 Å². The van der Waals surface area contributed by atoms with E-state index in [1.54, 1.807) is 6.07 Å². The lowest BCUT2D eigenvalue weighted by atomic mass is 10.2. The summed E-state index contributed by atoms with van der Waals surface area (Å²) in [6.45, 7) is 0. The SMILES string of the molecule is Nc1c(NNC(=O)c2ccc(Cl)cc2Cl)ncnc1-n1nnc2ccccc21. The number of rotatable bonds is 4. The molecule has 0 atom stereocenters. The summed E-state index contributed by atoms with van der Waals surface area (Å²) in [4.78, 5) is 20.6. The van der Waals surface area contributed by atoms with Crippen LogP contribution in [-0.4, -0.2) is 30.9 Å². The van der Waals surface area contributed by atoms with Gasteiger partial charge in [0.15, 0.2) is 11.6 Å². The molecule has 4 aromatic rings. The van der Waals surface area contributed by atoms with Crippen molar-refractivity contribution < 1.29 is 4.79 Å². The smallest absolute Gasteiger partial charge is 0.271 e. The van der Waals surface area contributed by atoms with Crippen LogP contribution in [0.3, 0.4) is 0 Å². The van der Waals surface area contributed by atoms with Crippen LogP contribution in [0.2, 0.25) is 10.0 Å². The van der Waals surface area contributed by atoms with E-state index in [-0.39, 0.29) is 22.1 Å². The number of hydrazine groups is 1. The first-order chi connectivity index (χ1) is 13.5. The minimum atomic E-state index is -0.479. The van der Waals surface area contributed by atoms with Crippen molar-refractivity contribution in [3.05, 3.63) is 64.4 Å². The average Bonchev–Trinajstić information content (AvgIpc) is 3.11. The maximum absolute atomic E-state index is 12.3. The summed E-state index contributed by atoms with van der Waals surface area (Å²) in [6, 6.07) is 11.9. The molecular weight excluding hydrogens is 403 g/mol. The first-order valence-corrected chi connectivity index (χ1v) is 8.73. The summed E-state index contributed by atoms with van der Waals surface area (Å²) in [5.74, 6) is 0.0421. The maximum atomic E-state index is 12.3. The lowest BCUT2D eigenvalue weighted by Gasteiger charge is -2.12. The molecule has 2 aromatic carbocycles. The highest BCUT2D eigenvalue weighted by Gasteiger charge is 2.16. The van der Waals surface area contributed by atoms with Gasteiger partial charge in [0.25, 0.3) is 5.91 Å². The number of hydrogen-bond acceptors (Lipinski definition) is 7. The van der Waals surface area contributed by atoms with E-state index in [0.717, 1.165) is 5.52 Å². The van der Waals surface area contributed by atoms with Crippen LogP contribution in [0.1, 0.15) is 10.4 Å². The number of halogens is 2. The van der Waals surface area contributed by atoms with Gasteiger partial charge in [0.05, 0.1) is 16.1 Å². The number of aromatic nitrogens is 5. The number of nitrogen functional groups attached to an aromatic ring is 1. The summed E-state index contributed by atoms with van der Waals surface area (Å²) in [7, 11) is 0. The third kappa shape index (κ3) is 3.28. The monoisotopic (exact) mass is 414 g/mol. The Morgan fingerprint density at radius 2 is 1.93 bits per heavy atom. The molecule has 9 nitrogen and oxygen atoms in total. The first kappa shape index (κ1) is 18.0. The van der Waals surface area contributed by atoms with E-state index in [9.17, 15) is 4.79 Å². The number of carbonyl (C=O) groups excluding carboxylic acids is 1. The number of benzene rings is 2. The Balaban J connectivity index is 1.60. The van der Waals surface area contributed by atoms with E-state index in [0.29, 0.717) is 16.4 Å². The summed E-state index contributed by atoms with van der Waals surface area (Å²) in [5, 5.41) is 8.81. The van der Waals surface area contributed by atoms with Gasteiger partial charge >= 0.3 is 0 Å². The van der Waals surface area contributed by atoms with E-state index in [4.69, 9.17) is 28.9 Å². The molecule has 0 saturated carbocycles. The molecule has 0 aliphatic rings. The molecule has 0 unspecified atom stereocenters. The summed E-state index contributed by atoms with van der Waals surface area (Å²) >= 11 is 11.9. The van der Waals surface area contributed by atoms with Crippen molar-refractivity contribution in [1.82, 2.24) is 30.4 Å². The molecule has 0 spiro atoms. The second-order valence-electron chi connectivity index (χ2n) is 5.65. The van der Waals surface area contributed by atoms with Gasteiger partial charge < -0.3 is 5.73 Å². The second-order valence-corrected chi connectivity index (χ2v) is 6.50. The predicted molar refractivity (Wildman–Crippen MR) is 106 cm³/mol. The highest BCUT2D eigenvalue weighted by atomic mass is 35.5. The van der Waals surface area contributed by atoms with Crippen LogP contribution in [0.4, 0.5) is 11.5 Å². The van der Waals surface area contributed by atoms with Crippen LogP contribution in [0.25, 0.3) is 16.9 Å². The number of nitrogens with one attached hydrogen (secondary N) is 2. The van der Waals surface area contributed by atoms with Gasteiger partial charge in [0, 0.05) is 5.02 Å². The molecule has 0 aliphatic carbocycles. The van der Waals surface area contributed by atoms with Crippen LogP contribution in [0.15, 0.2) is 48.8 Å². The number of hydrogen-bond donors (Lipinski definition) is 3. The minimum absolute atomic E-state index is 0.181. The van der Waals surface area contributed by atoms with Crippen molar-refractivity contribution in [2.75, 3.05) is 11.2 Å². The van der Waals surface area contributed by atoms with Crippen molar-refractivity contribution in [3.63, 3.8) is 0 Å². The summed E-state index contributed by atoms with van der Waals surface area (Å²) in [5.41, 5.74) is 13.2. The van der Waals surface area contributed by atoms with E-state index >= 15 is 0 Å². The number of carbonyl (C=O) groups is 1. The van der Waals surface area contributed by atoms with Gasteiger partial charge in [-0.25, -0.2) is 9.97 Å². The Morgan fingerprint density at radius 1 is 1.11 bits per heavy atom. The van der Waals surface area contributed by atoms with E-state index < -0.39 is 5.91 Å². The van der Waals surface area contributed by atoms with Crippen molar-refractivity contribution in [2.24, 2.45) is 0 Å². The Kier molecular flexibility index (Phi) is 4.68. The molecule has 0 aliphatic heterocycles. The van der Waals surface area contributed by atoms with Crippen molar-refractivity contribution in [2.45, 2.75) is 0 Å². The Hall–Kier alpha value is -3.43. The molecule has 0 fully saturated rings. The zero-order chi connectivity index (χ0) is 19.7. The molecule has 0 radical (unpaired) electrons. The van der Waals surface area contributed by atoms with Gasteiger partial charge in [-0.05, 0) is 30.3 Å². The van der Waals surface area contributed by atoms with Crippen LogP contribution in [-0.2, 0) is 0 Å². The first-order valence-electron chi connectivity index (χ1n) is 7.97. The number of anilines is 2. The van der Waals surface area contributed by atoms with Gasteiger partial charge in [0.2, 0.25) is 0 Å². The van der Waals surface area contributed by atoms with Gasteiger partial charge in [-0.2, -0.15) is 4.68 Å². The standard InChI is InChI=1S/C17H12Cl2N8O/c18-9-5-6-10(11(19)7-9)17(28)25-24-15-14(20)16(22-8-21-15)27-13-4-2-1-3-12(13)23-26-27/h1-8H,20H2,(H,25,28)(H,21,22,24). The Labute approximate surface area is 168 Å². The lowest BCUT2D eigenvalue weighted by molar-refractivity contribution is 0.0962. The predicted octanol–water partition coefficient (Wildman–Crippen LogP) is 2.86. The molecule has 28 heavy (non-hydrogen) atoms. The van der Waals surface area contributed by atoms with E-state index in [1.165, 1.54) is 23.1 Å². The average molecular weight is 415 g/mol. The fourth-order valence-electron chi connectivity index (χ4n) is 2.54. The van der Waals surface area contributed by atoms with Crippen LogP contribution < -0.4 is 16.6 Å².